The van der Waals surface area contributed by atoms with Crippen molar-refractivity contribution in [2.75, 3.05) is 52.7 Å². The van der Waals surface area contributed by atoms with E-state index in [-0.39, 0.29) is 5.41 Å². The van der Waals surface area contributed by atoms with Gasteiger partial charge in [-0.25, -0.2) is 4.79 Å². The molecular formula is C20H32F3NO5. The van der Waals surface area contributed by atoms with Crippen molar-refractivity contribution < 1.29 is 37.3 Å². The molecule has 3 fully saturated rings. The lowest BCUT2D eigenvalue weighted by atomic mass is 9.73. The molecule has 6 nitrogen and oxygen atoms in total. The summed E-state index contributed by atoms with van der Waals surface area (Å²) in [5, 5.41) is 7.12. The quantitative estimate of drug-likeness (QED) is 0.662. The second-order valence-corrected chi connectivity index (χ2v) is 8.01. The van der Waals surface area contributed by atoms with Gasteiger partial charge >= 0.3 is 12.1 Å². The molecule has 3 aliphatic rings. The third-order valence-corrected chi connectivity index (χ3v) is 5.78. The molecule has 29 heavy (non-hydrogen) atoms. The molecule has 0 aromatic carbocycles. The van der Waals surface area contributed by atoms with Crippen LogP contribution in [0.15, 0.2) is 12.7 Å². The lowest BCUT2D eigenvalue weighted by Crippen LogP contribution is -2.57. The highest BCUT2D eigenvalue weighted by Gasteiger charge is 2.46. The zero-order chi connectivity index (χ0) is 21.3. The summed E-state index contributed by atoms with van der Waals surface area (Å²) in [5.74, 6) is -2.08. The number of carboxylic acids is 1. The molecule has 3 heterocycles. The number of aliphatic carboxylic acids is 1. The highest BCUT2D eigenvalue weighted by atomic mass is 19.4. The van der Waals surface area contributed by atoms with Gasteiger partial charge in [0, 0.05) is 51.5 Å². The number of ether oxygens (including phenoxy) is 3. The third kappa shape index (κ3) is 7.55. The first-order valence-corrected chi connectivity index (χ1v) is 10.2. The molecule has 3 rings (SSSR count). The fourth-order valence-corrected chi connectivity index (χ4v) is 4.27. The highest BCUT2D eigenvalue weighted by Crippen LogP contribution is 2.40. The summed E-state index contributed by atoms with van der Waals surface area (Å²) in [4.78, 5) is 11.4. The van der Waals surface area contributed by atoms with Crippen LogP contribution in [0.5, 0.6) is 0 Å². The van der Waals surface area contributed by atoms with Crippen molar-refractivity contribution in [1.82, 2.24) is 4.90 Å². The Kier molecular flexibility index (Phi) is 9.39. The molecule has 168 valence electrons. The van der Waals surface area contributed by atoms with Crippen LogP contribution in [0.2, 0.25) is 0 Å². The van der Waals surface area contributed by atoms with E-state index in [0.29, 0.717) is 12.0 Å². The van der Waals surface area contributed by atoms with Crippen molar-refractivity contribution in [2.24, 2.45) is 11.3 Å². The molecule has 0 radical (unpaired) electrons. The second kappa shape index (κ2) is 11.3. The van der Waals surface area contributed by atoms with Crippen molar-refractivity contribution >= 4 is 5.97 Å². The number of piperidine rings is 1. The van der Waals surface area contributed by atoms with Crippen molar-refractivity contribution in [3.8, 4) is 0 Å². The summed E-state index contributed by atoms with van der Waals surface area (Å²) in [5.41, 5.74) is 0.199. The standard InChI is InChI=1S/C18H31NO3.C2HF3O2/c1-2-8-19-9-4-17-18(14-19,7-3-10-22-17)15-21-13-16-5-11-20-12-6-16;3-2(4,5)1(6)7/h2,16-17H,1,3-15H2;(H,6,7). The lowest BCUT2D eigenvalue weighted by molar-refractivity contribution is -0.192. The maximum Gasteiger partial charge on any atom is 0.490 e. The summed E-state index contributed by atoms with van der Waals surface area (Å²) in [6.45, 7) is 11.6. The van der Waals surface area contributed by atoms with Crippen molar-refractivity contribution in [3.63, 3.8) is 0 Å². The van der Waals surface area contributed by atoms with Crippen LogP contribution in [-0.2, 0) is 19.0 Å². The number of alkyl halides is 3. The van der Waals surface area contributed by atoms with Crippen molar-refractivity contribution in [1.29, 1.82) is 0 Å². The smallest absolute Gasteiger partial charge is 0.475 e. The van der Waals surface area contributed by atoms with Gasteiger partial charge in [-0.3, -0.25) is 4.90 Å². The Morgan fingerprint density at radius 1 is 1.28 bits per heavy atom. The molecule has 9 heteroatoms. The lowest BCUT2D eigenvalue weighted by Gasteiger charge is -2.50. The number of hydrogen-bond acceptors (Lipinski definition) is 5. The molecule has 0 aromatic rings. The van der Waals surface area contributed by atoms with E-state index >= 15 is 0 Å². The molecule has 2 unspecified atom stereocenters. The monoisotopic (exact) mass is 423 g/mol. The van der Waals surface area contributed by atoms with E-state index in [1.165, 1.54) is 12.8 Å². The van der Waals surface area contributed by atoms with Gasteiger partial charge in [-0.15, -0.1) is 6.58 Å². The summed E-state index contributed by atoms with van der Waals surface area (Å²) in [6.07, 6.45) is 3.15. The van der Waals surface area contributed by atoms with Gasteiger partial charge < -0.3 is 19.3 Å². The van der Waals surface area contributed by atoms with Crippen molar-refractivity contribution in [3.05, 3.63) is 12.7 Å². The molecule has 0 spiro atoms. The van der Waals surface area contributed by atoms with Crippen LogP contribution in [0.3, 0.4) is 0 Å². The molecular weight excluding hydrogens is 391 g/mol. The molecule has 0 aromatic heterocycles. The summed E-state index contributed by atoms with van der Waals surface area (Å²) in [6, 6.07) is 0. The maximum atomic E-state index is 10.6. The Balaban J connectivity index is 0.000000370. The number of halogens is 3. The second-order valence-electron chi connectivity index (χ2n) is 8.01. The topological polar surface area (TPSA) is 68.2 Å². The molecule has 0 saturated carbocycles. The zero-order valence-corrected chi connectivity index (χ0v) is 16.8. The minimum atomic E-state index is -5.08. The Hall–Kier alpha value is -1.16. The fourth-order valence-electron chi connectivity index (χ4n) is 4.27. The number of carbonyl (C=O) groups is 1. The summed E-state index contributed by atoms with van der Waals surface area (Å²) < 4.78 is 49.5. The third-order valence-electron chi connectivity index (χ3n) is 5.78. The maximum absolute atomic E-state index is 10.6. The zero-order valence-electron chi connectivity index (χ0n) is 16.8. The molecule has 0 amide bonds. The van der Waals surface area contributed by atoms with Gasteiger partial charge in [-0.2, -0.15) is 13.2 Å². The molecule has 3 aliphatic heterocycles. The molecule has 3 saturated heterocycles. The first-order chi connectivity index (χ1) is 13.8. The number of rotatable bonds is 6. The fraction of sp³-hybridized carbons (Fsp3) is 0.850. The van der Waals surface area contributed by atoms with Gasteiger partial charge in [0.05, 0.1) is 12.7 Å². The minimum Gasteiger partial charge on any atom is -0.475 e. The Morgan fingerprint density at radius 2 is 1.97 bits per heavy atom. The summed E-state index contributed by atoms with van der Waals surface area (Å²) >= 11 is 0. The van der Waals surface area contributed by atoms with Crippen LogP contribution in [0, 0.1) is 11.3 Å². The van der Waals surface area contributed by atoms with Crippen LogP contribution in [0.25, 0.3) is 0 Å². The Morgan fingerprint density at radius 3 is 2.59 bits per heavy atom. The Bertz CT molecular complexity index is 525. The van der Waals surface area contributed by atoms with E-state index in [1.54, 1.807) is 0 Å². The number of hydrogen-bond donors (Lipinski definition) is 1. The number of fused-ring (bicyclic) bond motifs is 1. The molecule has 1 N–H and O–H groups in total. The van der Waals surface area contributed by atoms with Gasteiger partial charge in [-0.1, -0.05) is 6.08 Å². The van der Waals surface area contributed by atoms with E-state index in [9.17, 15) is 13.2 Å². The Labute approximate surface area is 170 Å². The van der Waals surface area contributed by atoms with Crippen molar-refractivity contribution in [2.45, 2.75) is 44.4 Å². The highest BCUT2D eigenvalue weighted by molar-refractivity contribution is 5.73. The van der Waals surface area contributed by atoms with E-state index in [1.807, 2.05) is 6.08 Å². The van der Waals surface area contributed by atoms with Gasteiger partial charge in [0.25, 0.3) is 0 Å². The molecule has 0 aliphatic carbocycles. The predicted octanol–water partition coefficient (Wildman–Crippen LogP) is 3.12. The van der Waals surface area contributed by atoms with E-state index in [4.69, 9.17) is 24.1 Å². The van der Waals surface area contributed by atoms with Crippen LogP contribution in [0.1, 0.15) is 32.1 Å². The first kappa shape index (κ1) is 24.1. The van der Waals surface area contributed by atoms with Crippen LogP contribution in [-0.4, -0.2) is 80.9 Å². The summed E-state index contributed by atoms with van der Waals surface area (Å²) in [7, 11) is 0. The average molecular weight is 423 g/mol. The minimum absolute atomic E-state index is 0.199. The number of carboxylic acid groups (broad SMARTS) is 1. The molecule has 0 bridgehead atoms. The van der Waals surface area contributed by atoms with Crippen LogP contribution in [0.4, 0.5) is 13.2 Å². The van der Waals surface area contributed by atoms with Gasteiger partial charge in [0.1, 0.15) is 0 Å². The van der Waals surface area contributed by atoms with Crippen LogP contribution >= 0.6 is 0 Å². The van der Waals surface area contributed by atoms with Gasteiger partial charge in [0.15, 0.2) is 0 Å². The van der Waals surface area contributed by atoms with Gasteiger partial charge in [0.2, 0.25) is 0 Å². The predicted molar refractivity (Wildman–Crippen MR) is 101 cm³/mol. The van der Waals surface area contributed by atoms with Gasteiger partial charge in [-0.05, 0) is 38.0 Å². The number of likely N-dealkylation sites (tertiary alicyclic amines) is 1. The largest absolute Gasteiger partial charge is 0.490 e. The number of nitrogens with zero attached hydrogens (tertiary/aromatic N) is 1. The van der Waals surface area contributed by atoms with Crippen LogP contribution < -0.4 is 0 Å². The van der Waals surface area contributed by atoms with E-state index in [2.05, 4.69) is 11.5 Å². The first-order valence-electron chi connectivity index (χ1n) is 10.2. The average Bonchev–Trinajstić information content (AvgIpc) is 2.68. The van der Waals surface area contributed by atoms with E-state index < -0.39 is 12.1 Å². The van der Waals surface area contributed by atoms with E-state index in [0.717, 1.165) is 71.9 Å². The SMILES string of the molecule is C=CCN1CCC2OCCCC2(COCC2CCOCC2)C1.O=C(O)C(F)(F)F. The molecule has 2 atom stereocenters. The normalized spacial score (nSPS) is 28.7.